The summed E-state index contributed by atoms with van der Waals surface area (Å²) in [7, 11) is 1.62. The highest BCUT2D eigenvalue weighted by molar-refractivity contribution is 5.86. The van der Waals surface area contributed by atoms with E-state index in [0.717, 1.165) is 75.1 Å². The Hall–Kier alpha value is -2.91. The predicted molar refractivity (Wildman–Crippen MR) is 121 cm³/mol. The van der Waals surface area contributed by atoms with Crippen LogP contribution < -0.4 is 14.2 Å². The van der Waals surface area contributed by atoms with Gasteiger partial charge in [-0.15, -0.1) is 5.10 Å². The van der Waals surface area contributed by atoms with Crippen molar-refractivity contribution in [2.75, 3.05) is 46.6 Å². The van der Waals surface area contributed by atoms with Crippen LogP contribution in [0.25, 0.3) is 10.9 Å². The lowest BCUT2D eigenvalue weighted by Crippen LogP contribution is -2.37. The molecule has 0 amide bonds. The number of fused-ring (bicyclic) bond motifs is 1. The average molecular weight is 442 g/mol. The summed E-state index contributed by atoms with van der Waals surface area (Å²) in [5.74, 6) is 2.20. The Morgan fingerprint density at radius 1 is 1.09 bits per heavy atom. The molecule has 9 heteroatoms. The fraction of sp³-hybridized carbons (Fsp3) is 0.522. The Bertz CT molecular complexity index is 1000. The molecule has 1 fully saturated rings. The van der Waals surface area contributed by atoms with Crippen LogP contribution in [0.2, 0.25) is 0 Å². The summed E-state index contributed by atoms with van der Waals surface area (Å²) in [5.41, 5.74) is 1.77. The smallest absolute Gasteiger partial charge is 0.240 e. The molecule has 0 spiro atoms. The van der Waals surface area contributed by atoms with E-state index in [-0.39, 0.29) is 0 Å². The van der Waals surface area contributed by atoms with Crippen molar-refractivity contribution in [3.63, 3.8) is 0 Å². The van der Waals surface area contributed by atoms with Crippen LogP contribution in [-0.4, -0.2) is 71.6 Å². The van der Waals surface area contributed by atoms with Crippen LogP contribution in [0, 0.1) is 0 Å². The lowest BCUT2D eigenvalue weighted by molar-refractivity contribution is 0.0357. The van der Waals surface area contributed by atoms with Crippen LogP contribution in [0.4, 0.5) is 0 Å². The van der Waals surface area contributed by atoms with E-state index < -0.39 is 0 Å². The lowest BCUT2D eigenvalue weighted by Gasteiger charge is -2.26. The zero-order chi connectivity index (χ0) is 22.2. The maximum Gasteiger partial charge on any atom is 0.240 e. The summed E-state index contributed by atoms with van der Waals surface area (Å²) in [6.45, 7) is 7.33. The number of ether oxygens (including phenoxy) is 4. The van der Waals surface area contributed by atoms with E-state index in [4.69, 9.17) is 18.9 Å². The third kappa shape index (κ3) is 5.66. The molecule has 1 aromatic carbocycles. The Balaban J connectivity index is 1.43. The number of hydrogen-bond acceptors (Lipinski definition) is 8. The molecular formula is C23H31N5O4. The Labute approximate surface area is 188 Å². The van der Waals surface area contributed by atoms with Crippen LogP contribution in [0.1, 0.15) is 31.9 Å². The van der Waals surface area contributed by atoms with E-state index in [1.54, 1.807) is 7.11 Å². The van der Waals surface area contributed by atoms with Gasteiger partial charge in [-0.1, -0.05) is 13.3 Å². The SMILES string of the molecule is CCCCc1cc(Oc2ncnc3cc(OCCCN4CCOCC4)c(OC)cc23)n[nH]1. The van der Waals surface area contributed by atoms with Crippen LogP contribution in [0.3, 0.4) is 0 Å². The number of hydrogen-bond donors (Lipinski definition) is 1. The van der Waals surface area contributed by atoms with Crippen molar-refractivity contribution < 1.29 is 18.9 Å². The van der Waals surface area contributed by atoms with Gasteiger partial charge in [0.2, 0.25) is 11.8 Å². The zero-order valence-corrected chi connectivity index (χ0v) is 18.8. The van der Waals surface area contributed by atoms with Crippen molar-refractivity contribution in [1.82, 2.24) is 25.1 Å². The monoisotopic (exact) mass is 441 g/mol. The number of rotatable bonds is 11. The second-order valence-corrected chi connectivity index (χ2v) is 7.79. The summed E-state index contributed by atoms with van der Waals surface area (Å²) in [5, 5.41) is 8.00. The van der Waals surface area contributed by atoms with Gasteiger partial charge in [-0.05, 0) is 25.3 Å². The number of nitrogens with zero attached hydrogens (tertiary/aromatic N) is 4. The molecule has 9 nitrogen and oxygen atoms in total. The summed E-state index contributed by atoms with van der Waals surface area (Å²) < 4.78 is 22.9. The normalized spacial score (nSPS) is 14.6. The van der Waals surface area contributed by atoms with E-state index in [1.807, 2.05) is 18.2 Å². The van der Waals surface area contributed by atoms with Gasteiger partial charge < -0.3 is 18.9 Å². The summed E-state index contributed by atoms with van der Waals surface area (Å²) >= 11 is 0. The summed E-state index contributed by atoms with van der Waals surface area (Å²) in [6.07, 6.45) is 5.58. The highest BCUT2D eigenvalue weighted by atomic mass is 16.5. The van der Waals surface area contributed by atoms with Gasteiger partial charge in [0.1, 0.15) is 6.33 Å². The Kier molecular flexibility index (Phi) is 7.73. The van der Waals surface area contributed by atoms with E-state index in [1.165, 1.54) is 6.33 Å². The number of aryl methyl sites for hydroxylation is 1. The second-order valence-electron chi connectivity index (χ2n) is 7.79. The third-order valence-electron chi connectivity index (χ3n) is 5.47. The van der Waals surface area contributed by atoms with E-state index >= 15 is 0 Å². The fourth-order valence-electron chi connectivity index (χ4n) is 3.68. The van der Waals surface area contributed by atoms with Crippen molar-refractivity contribution in [1.29, 1.82) is 0 Å². The molecule has 32 heavy (non-hydrogen) atoms. The number of H-pyrrole nitrogens is 1. The minimum Gasteiger partial charge on any atom is -0.493 e. The predicted octanol–water partition coefficient (Wildman–Crippen LogP) is 3.60. The first kappa shape index (κ1) is 22.3. The maximum absolute atomic E-state index is 6.02. The minimum absolute atomic E-state index is 0.431. The van der Waals surface area contributed by atoms with Crippen molar-refractivity contribution in [2.45, 2.75) is 32.6 Å². The average Bonchev–Trinajstić information content (AvgIpc) is 3.28. The number of unbranched alkanes of at least 4 members (excludes halogenated alkanes) is 1. The van der Waals surface area contributed by atoms with E-state index in [0.29, 0.717) is 29.9 Å². The van der Waals surface area contributed by atoms with Crippen molar-refractivity contribution >= 4 is 10.9 Å². The molecule has 172 valence electrons. The topological polar surface area (TPSA) is 94.6 Å². The molecule has 1 aliphatic heterocycles. The van der Waals surface area contributed by atoms with Gasteiger partial charge in [0.05, 0.1) is 37.8 Å². The largest absolute Gasteiger partial charge is 0.493 e. The van der Waals surface area contributed by atoms with Gasteiger partial charge in [-0.2, -0.15) is 0 Å². The summed E-state index contributed by atoms with van der Waals surface area (Å²) in [4.78, 5) is 11.1. The molecule has 4 rings (SSSR count). The number of aromatic amines is 1. The van der Waals surface area contributed by atoms with Crippen molar-refractivity contribution in [3.8, 4) is 23.3 Å². The molecular weight excluding hydrogens is 410 g/mol. The highest BCUT2D eigenvalue weighted by Crippen LogP contribution is 2.35. The fourth-order valence-corrected chi connectivity index (χ4v) is 3.68. The molecule has 1 N–H and O–H groups in total. The molecule has 0 radical (unpaired) electrons. The molecule has 3 heterocycles. The maximum atomic E-state index is 6.02. The van der Waals surface area contributed by atoms with Gasteiger partial charge in [-0.25, -0.2) is 9.97 Å². The first-order valence-corrected chi connectivity index (χ1v) is 11.2. The molecule has 2 aromatic heterocycles. The summed E-state index contributed by atoms with van der Waals surface area (Å²) in [6, 6.07) is 5.63. The second kappa shape index (κ2) is 11.1. The number of morpholine rings is 1. The standard InChI is InChI=1S/C23H31N5O4/c1-3-4-6-17-13-22(27-26-17)32-23-18-14-20(29-2)21(15-19(18)24-16-25-23)31-10-5-7-28-8-11-30-12-9-28/h13-16H,3-12H2,1-2H3,(H,26,27). The quantitative estimate of drug-likeness (QED) is 0.451. The molecule has 0 bridgehead atoms. The van der Waals surface area contributed by atoms with Crippen molar-refractivity contribution in [3.05, 3.63) is 30.2 Å². The van der Waals surface area contributed by atoms with Gasteiger partial charge in [0.15, 0.2) is 11.5 Å². The van der Waals surface area contributed by atoms with Gasteiger partial charge in [0.25, 0.3) is 0 Å². The van der Waals surface area contributed by atoms with Crippen LogP contribution in [0.15, 0.2) is 24.5 Å². The van der Waals surface area contributed by atoms with Gasteiger partial charge in [-0.3, -0.25) is 10.00 Å². The number of methoxy groups -OCH3 is 1. The number of benzene rings is 1. The first-order chi connectivity index (χ1) is 15.8. The number of nitrogens with one attached hydrogen (secondary N) is 1. The van der Waals surface area contributed by atoms with E-state index in [9.17, 15) is 0 Å². The molecule has 0 saturated carbocycles. The minimum atomic E-state index is 0.431. The molecule has 1 aliphatic rings. The van der Waals surface area contributed by atoms with Crippen molar-refractivity contribution in [2.24, 2.45) is 0 Å². The first-order valence-electron chi connectivity index (χ1n) is 11.2. The van der Waals surface area contributed by atoms with E-state index in [2.05, 4.69) is 32.0 Å². The Morgan fingerprint density at radius 3 is 2.78 bits per heavy atom. The van der Waals surface area contributed by atoms with Crippen LogP contribution in [-0.2, 0) is 11.2 Å². The van der Waals surface area contributed by atoms with Gasteiger partial charge in [0, 0.05) is 37.5 Å². The lowest BCUT2D eigenvalue weighted by atomic mass is 10.2. The Morgan fingerprint density at radius 2 is 1.97 bits per heavy atom. The third-order valence-corrected chi connectivity index (χ3v) is 5.47. The zero-order valence-electron chi connectivity index (χ0n) is 18.8. The molecule has 3 aromatic rings. The van der Waals surface area contributed by atoms with Crippen LogP contribution in [0.5, 0.6) is 23.3 Å². The molecule has 0 atom stereocenters. The number of aromatic nitrogens is 4. The van der Waals surface area contributed by atoms with Crippen LogP contribution >= 0.6 is 0 Å². The van der Waals surface area contributed by atoms with Gasteiger partial charge >= 0.3 is 0 Å². The molecule has 0 aliphatic carbocycles. The molecule has 0 unspecified atom stereocenters. The molecule has 1 saturated heterocycles. The highest BCUT2D eigenvalue weighted by Gasteiger charge is 2.15.